The molecular weight excluding hydrogens is 204 g/mol. The lowest BCUT2D eigenvalue weighted by atomic mass is 9.91. The number of rotatable bonds is 4. The van der Waals surface area contributed by atoms with E-state index in [9.17, 15) is 9.90 Å². The molecule has 1 aliphatic carbocycles. The summed E-state index contributed by atoms with van der Waals surface area (Å²) in [5.74, 6) is -0.633. The highest BCUT2D eigenvalue weighted by Gasteiger charge is 2.49. The van der Waals surface area contributed by atoms with E-state index in [0.717, 1.165) is 19.4 Å². The number of nitrogens with zero attached hydrogens (tertiary/aromatic N) is 1. The minimum absolute atomic E-state index is 0.194. The monoisotopic (exact) mass is 226 g/mol. The van der Waals surface area contributed by atoms with Crippen molar-refractivity contribution < 1.29 is 9.90 Å². The van der Waals surface area contributed by atoms with Gasteiger partial charge in [0.1, 0.15) is 5.54 Å². The molecule has 2 atom stereocenters. The van der Waals surface area contributed by atoms with Crippen molar-refractivity contribution in [2.24, 2.45) is 11.7 Å². The van der Waals surface area contributed by atoms with Crippen molar-refractivity contribution >= 4 is 5.97 Å². The first-order chi connectivity index (χ1) is 7.54. The number of hydrogen-bond acceptors (Lipinski definition) is 3. The van der Waals surface area contributed by atoms with E-state index in [1.165, 1.54) is 19.3 Å². The summed E-state index contributed by atoms with van der Waals surface area (Å²) < 4.78 is 0. The summed E-state index contributed by atoms with van der Waals surface area (Å²) in [5, 5.41) is 9.31. The van der Waals surface area contributed by atoms with Crippen molar-refractivity contribution in [2.45, 2.75) is 50.6 Å². The van der Waals surface area contributed by atoms with Gasteiger partial charge in [-0.2, -0.15) is 0 Å². The highest BCUT2D eigenvalue weighted by Crippen LogP contribution is 2.39. The molecule has 0 aromatic rings. The van der Waals surface area contributed by atoms with Gasteiger partial charge in [0.15, 0.2) is 0 Å². The summed E-state index contributed by atoms with van der Waals surface area (Å²) in [5.41, 5.74) is 5.09. The summed E-state index contributed by atoms with van der Waals surface area (Å²) in [6.07, 6.45) is 5.55. The number of nitrogens with two attached hydrogens (primary N) is 1. The van der Waals surface area contributed by atoms with E-state index in [1.807, 2.05) is 0 Å². The van der Waals surface area contributed by atoms with Crippen molar-refractivity contribution in [1.82, 2.24) is 4.90 Å². The Morgan fingerprint density at radius 2 is 2.12 bits per heavy atom. The van der Waals surface area contributed by atoms with Gasteiger partial charge in [-0.1, -0.05) is 6.42 Å². The molecule has 1 heterocycles. The van der Waals surface area contributed by atoms with Crippen LogP contribution < -0.4 is 5.73 Å². The van der Waals surface area contributed by atoms with Crippen LogP contribution in [-0.4, -0.2) is 40.6 Å². The quantitative estimate of drug-likeness (QED) is 0.752. The molecule has 92 valence electrons. The van der Waals surface area contributed by atoms with Crippen LogP contribution in [0, 0.1) is 5.92 Å². The molecule has 0 aromatic carbocycles. The second-order valence-corrected chi connectivity index (χ2v) is 5.44. The molecule has 2 rings (SSSR count). The largest absolute Gasteiger partial charge is 0.480 e. The number of carboxylic acid groups (broad SMARTS) is 1. The molecule has 16 heavy (non-hydrogen) atoms. The number of carboxylic acids is 1. The summed E-state index contributed by atoms with van der Waals surface area (Å²) in [7, 11) is 0. The van der Waals surface area contributed by atoms with Gasteiger partial charge in [-0.25, -0.2) is 0 Å². The van der Waals surface area contributed by atoms with Crippen LogP contribution >= 0.6 is 0 Å². The molecule has 0 radical (unpaired) electrons. The van der Waals surface area contributed by atoms with E-state index in [4.69, 9.17) is 5.73 Å². The van der Waals surface area contributed by atoms with Gasteiger partial charge in [0, 0.05) is 12.6 Å². The van der Waals surface area contributed by atoms with E-state index in [1.54, 1.807) is 0 Å². The van der Waals surface area contributed by atoms with Crippen LogP contribution in [0.4, 0.5) is 0 Å². The normalized spacial score (nSPS) is 31.0. The van der Waals surface area contributed by atoms with Crippen molar-refractivity contribution in [3.05, 3.63) is 0 Å². The lowest BCUT2D eigenvalue weighted by molar-refractivity contribution is -0.145. The second kappa shape index (κ2) is 4.34. The van der Waals surface area contributed by atoms with Crippen molar-refractivity contribution in [1.29, 1.82) is 0 Å². The zero-order chi connectivity index (χ0) is 11.8. The maximum atomic E-state index is 11.3. The molecule has 1 saturated carbocycles. The molecule has 3 N–H and O–H groups in total. The Bertz CT molecular complexity index is 278. The SMILES string of the molecule is CC1CCCCN1CC(N)(C(=O)O)C1CC1. The van der Waals surface area contributed by atoms with Gasteiger partial charge in [-0.15, -0.1) is 0 Å². The number of aliphatic carboxylic acids is 1. The zero-order valence-electron chi connectivity index (χ0n) is 9.98. The maximum absolute atomic E-state index is 11.3. The van der Waals surface area contributed by atoms with E-state index >= 15 is 0 Å². The van der Waals surface area contributed by atoms with E-state index in [2.05, 4.69) is 11.8 Å². The second-order valence-electron chi connectivity index (χ2n) is 5.44. The minimum atomic E-state index is -1.01. The van der Waals surface area contributed by atoms with Gasteiger partial charge in [-0.3, -0.25) is 9.69 Å². The summed E-state index contributed by atoms with van der Waals surface area (Å²) in [4.78, 5) is 13.6. The Hall–Kier alpha value is -0.610. The molecule has 1 saturated heterocycles. The predicted octanol–water partition coefficient (Wildman–Crippen LogP) is 1.05. The molecule has 2 fully saturated rings. The average Bonchev–Trinajstić information content (AvgIpc) is 3.04. The molecule has 2 unspecified atom stereocenters. The first kappa shape index (κ1) is 11.9. The van der Waals surface area contributed by atoms with Gasteiger partial charge in [0.25, 0.3) is 0 Å². The van der Waals surface area contributed by atoms with Crippen LogP contribution in [0.5, 0.6) is 0 Å². The molecule has 0 amide bonds. The molecule has 4 nitrogen and oxygen atoms in total. The Morgan fingerprint density at radius 1 is 1.44 bits per heavy atom. The number of piperidine rings is 1. The smallest absolute Gasteiger partial charge is 0.325 e. The lowest BCUT2D eigenvalue weighted by Gasteiger charge is -2.38. The third kappa shape index (κ3) is 2.23. The molecule has 0 aromatic heterocycles. The highest BCUT2D eigenvalue weighted by molar-refractivity contribution is 5.79. The van der Waals surface area contributed by atoms with E-state index in [0.29, 0.717) is 12.6 Å². The van der Waals surface area contributed by atoms with E-state index in [-0.39, 0.29) is 5.92 Å². The summed E-state index contributed by atoms with van der Waals surface area (Å²) >= 11 is 0. The fraction of sp³-hybridized carbons (Fsp3) is 0.917. The third-order valence-electron chi connectivity index (χ3n) is 4.11. The predicted molar refractivity (Wildman–Crippen MR) is 62.2 cm³/mol. The van der Waals surface area contributed by atoms with Gasteiger partial charge in [0.05, 0.1) is 0 Å². The summed E-state index contributed by atoms with van der Waals surface area (Å²) in [6, 6.07) is 0.481. The molecule has 1 aliphatic heterocycles. The van der Waals surface area contributed by atoms with Crippen molar-refractivity contribution in [2.75, 3.05) is 13.1 Å². The summed E-state index contributed by atoms with van der Waals surface area (Å²) in [6.45, 7) is 3.70. The molecule has 0 bridgehead atoms. The van der Waals surface area contributed by atoms with Crippen LogP contribution in [0.2, 0.25) is 0 Å². The number of hydrogen-bond donors (Lipinski definition) is 2. The Morgan fingerprint density at radius 3 is 2.62 bits per heavy atom. The van der Waals surface area contributed by atoms with Crippen LogP contribution in [-0.2, 0) is 4.79 Å². The highest BCUT2D eigenvalue weighted by atomic mass is 16.4. The fourth-order valence-electron chi connectivity index (χ4n) is 2.70. The Kier molecular flexibility index (Phi) is 3.22. The van der Waals surface area contributed by atoms with Crippen molar-refractivity contribution in [3.8, 4) is 0 Å². The fourth-order valence-corrected chi connectivity index (χ4v) is 2.70. The number of carbonyl (C=O) groups is 1. The Labute approximate surface area is 96.8 Å². The van der Waals surface area contributed by atoms with E-state index < -0.39 is 11.5 Å². The molecule has 0 spiro atoms. The van der Waals surface area contributed by atoms with Gasteiger partial charge in [0.2, 0.25) is 0 Å². The third-order valence-corrected chi connectivity index (χ3v) is 4.11. The molecular formula is C12H22N2O2. The van der Waals surface area contributed by atoms with Crippen LogP contribution in [0.15, 0.2) is 0 Å². The lowest BCUT2D eigenvalue weighted by Crippen LogP contribution is -2.59. The van der Waals surface area contributed by atoms with Crippen LogP contribution in [0.1, 0.15) is 39.0 Å². The van der Waals surface area contributed by atoms with Gasteiger partial charge < -0.3 is 10.8 Å². The van der Waals surface area contributed by atoms with Gasteiger partial charge in [-0.05, 0) is 45.1 Å². The van der Waals surface area contributed by atoms with Crippen molar-refractivity contribution in [3.63, 3.8) is 0 Å². The van der Waals surface area contributed by atoms with Gasteiger partial charge >= 0.3 is 5.97 Å². The average molecular weight is 226 g/mol. The van der Waals surface area contributed by atoms with Crippen LogP contribution in [0.3, 0.4) is 0 Å². The van der Waals surface area contributed by atoms with Crippen LogP contribution in [0.25, 0.3) is 0 Å². The molecule has 4 heteroatoms. The zero-order valence-corrected chi connectivity index (χ0v) is 9.98. The topological polar surface area (TPSA) is 66.6 Å². The standard InChI is InChI=1S/C12H22N2O2/c1-9-4-2-3-7-14(9)8-12(13,11(15)16)10-5-6-10/h9-10H,2-8,13H2,1H3,(H,15,16). The Balaban J connectivity index is 2.02. The maximum Gasteiger partial charge on any atom is 0.325 e. The number of likely N-dealkylation sites (tertiary alicyclic amines) is 1. The first-order valence-corrected chi connectivity index (χ1v) is 6.30. The minimum Gasteiger partial charge on any atom is -0.480 e. The molecule has 2 aliphatic rings. The first-order valence-electron chi connectivity index (χ1n) is 6.30.